The van der Waals surface area contributed by atoms with E-state index in [1.807, 2.05) is 43.3 Å². The van der Waals surface area contributed by atoms with E-state index in [0.29, 0.717) is 15.6 Å². The average Bonchev–Trinajstić information content (AvgIpc) is 3.23. The Balaban J connectivity index is 1.57. The summed E-state index contributed by atoms with van der Waals surface area (Å²) in [6, 6.07) is 22.8. The molecule has 1 aromatic heterocycles. The summed E-state index contributed by atoms with van der Waals surface area (Å²) in [7, 11) is -2.23. The molecular formula is C24H21ClN2O3S2. The van der Waals surface area contributed by atoms with Gasteiger partial charge in [0.05, 0.1) is 21.5 Å². The maximum Gasteiger partial charge on any atom is 0.264 e. The molecule has 5 nitrogen and oxygen atoms in total. The van der Waals surface area contributed by atoms with E-state index in [4.69, 9.17) is 11.6 Å². The van der Waals surface area contributed by atoms with Crippen LogP contribution in [0.2, 0.25) is 5.02 Å². The molecule has 0 unspecified atom stereocenters. The van der Waals surface area contributed by atoms with Crippen LogP contribution in [0.1, 0.15) is 28.2 Å². The Kier molecular flexibility index (Phi) is 6.24. The third-order valence-electron chi connectivity index (χ3n) is 5.21. The van der Waals surface area contributed by atoms with Gasteiger partial charge >= 0.3 is 0 Å². The van der Waals surface area contributed by atoms with E-state index < -0.39 is 10.0 Å². The molecule has 8 heteroatoms. The predicted octanol–water partition coefficient (Wildman–Crippen LogP) is 5.87. The highest BCUT2D eigenvalue weighted by atomic mass is 35.5. The monoisotopic (exact) mass is 484 g/mol. The van der Waals surface area contributed by atoms with E-state index in [1.165, 1.54) is 34.8 Å². The zero-order valence-electron chi connectivity index (χ0n) is 17.4. The molecule has 1 amide bonds. The number of nitrogens with one attached hydrogen (secondary N) is 1. The average molecular weight is 485 g/mol. The minimum Gasteiger partial charge on any atom is -0.345 e. The highest BCUT2D eigenvalue weighted by Crippen LogP contribution is 2.31. The predicted molar refractivity (Wildman–Crippen MR) is 131 cm³/mol. The molecule has 0 fully saturated rings. The summed E-state index contributed by atoms with van der Waals surface area (Å²) in [4.78, 5) is 13.5. The second-order valence-electron chi connectivity index (χ2n) is 7.37. The Hall–Kier alpha value is -2.87. The van der Waals surface area contributed by atoms with Gasteiger partial charge in [0.2, 0.25) is 0 Å². The molecule has 0 aliphatic rings. The normalized spacial score (nSPS) is 12.5. The van der Waals surface area contributed by atoms with Crippen LogP contribution in [0.15, 0.2) is 83.8 Å². The van der Waals surface area contributed by atoms with Crippen LogP contribution in [0.5, 0.6) is 0 Å². The van der Waals surface area contributed by atoms with E-state index >= 15 is 0 Å². The zero-order chi connectivity index (χ0) is 22.9. The number of hydrogen-bond acceptors (Lipinski definition) is 4. The van der Waals surface area contributed by atoms with Crippen molar-refractivity contribution in [1.29, 1.82) is 0 Å². The van der Waals surface area contributed by atoms with Crippen LogP contribution in [-0.4, -0.2) is 21.4 Å². The van der Waals surface area contributed by atoms with Crippen LogP contribution in [0.25, 0.3) is 10.1 Å². The van der Waals surface area contributed by atoms with Gasteiger partial charge in [0, 0.05) is 16.8 Å². The number of carbonyl (C=O) groups excluding carboxylic acids is 1. The molecule has 1 N–H and O–H groups in total. The van der Waals surface area contributed by atoms with Crippen LogP contribution < -0.4 is 9.62 Å². The van der Waals surface area contributed by atoms with Crippen molar-refractivity contribution in [1.82, 2.24) is 5.32 Å². The summed E-state index contributed by atoms with van der Waals surface area (Å²) in [5, 5.41) is 4.29. The van der Waals surface area contributed by atoms with Gasteiger partial charge in [0.25, 0.3) is 15.9 Å². The number of fused-ring (bicyclic) bond motifs is 1. The highest BCUT2D eigenvalue weighted by Gasteiger charge is 2.22. The van der Waals surface area contributed by atoms with Crippen molar-refractivity contribution in [2.45, 2.75) is 17.9 Å². The van der Waals surface area contributed by atoms with Crippen molar-refractivity contribution in [3.63, 3.8) is 0 Å². The Morgan fingerprint density at radius 3 is 2.38 bits per heavy atom. The number of amides is 1. The summed E-state index contributed by atoms with van der Waals surface area (Å²) in [5.41, 5.74) is 1.54. The Bertz CT molecular complexity index is 1370. The first kappa shape index (κ1) is 22.3. The summed E-state index contributed by atoms with van der Waals surface area (Å²) >= 11 is 7.25. The summed E-state index contributed by atoms with van der Waals surface area (Å²) in [6.07, 6.45) is 0. The first-order valence-corrected chi connectivity index (χ1v) is 12.5. The lowest BCUT2D eigenvalue weighted by Gasteiger charge is -2.19. The fourth-order valence-corrected chi connectivity index (χ4v) is 5.59. The van der Waals surface area contributed by atoms with E-state index in [2.05, 4.69) is 5.32 Å². The number of rotatable bonds is 6. The van der Waals surface area contributed by atoms with Gasteiger partial charge < -0.3 is 5.32 Å². The second-order valence-corrected chi connectivity index (χ2v) is 10.9. The second kappa shape index (κ2) is 8.94. The third kappa shape index (κ3) is 4.50. The number of benzene rings is 3. The lowest BCUT2D eigenvalue weighted by atomic mass is 10.1. The zero-order valence-corrected chi connectivity index (χ0v) is 19.8. The number of thiophene rings is 1. The van der Waals surface area contributed by atoms with E-state index in [1.54, 1.807) is 30.3 Å². The first-order chi connectivity index (χ1) is 15.3. The highest BCUT2D eigenvalue weighted by molar-refractivity contribution is 7.92. The quantitative estimate of drug-likeness (QED) is 0.372. The standard InChI is InChI=1S/C24H21ClN2O3S2/c1-16(17-6-4-3-5-7-17)26-24(28)23-15-18-14-20(10-13-22(18)31-23)27(2)32(29,30)21-11-8-19(25)9-12-21/h3-16H,1-2H3,(H,26,28)/t16-/m1/s1. The smallest absolute Gasteiger partial charge is 0.264 e. The third-order valence-corrected chi connectivity index (χ3v) is 8.37. The molecule has 1 heterocycles. The Labute approximate surface area is 196 Å². The van der Waals surface area contributed by atoms with Crippen molar-refractivity contribution in [2.75, 3.05) is 11.4 Å². The van der Waals surface area contributed by atoms with Crippen molar-refractivity contribution in [2.24, 2.45) is 0 Å². The van der Waals surface area contributed by atoms with Gasteiger partial charge in [0.15, 0.2) is 0 Å². The molecule has 4 rings (SSSR count). The molecular weight excluding hydrogens is 464 g/mol. The number of anilines is 1. The fourth-order valence-electron chi connectivity index (χ4n) is 3.33. The molecule has 0 saturated carbocycles. The minimum absolute atomic E-state index is 0.125. The van der Waals surface area contributed by atoms with Crippen LogP contribution in [-0.2, 0) is 10.0 Å². The summed E-state index contributed by atoms with van der Waals surface area (Å²) in [6.45, 7) is 1.94. The van der Waals surface area contributed by atoms with E-state index in [0.717, 1.165) is 15.6 Å². The molecule has 0 saturated heterocycles. The van der Waals surface area contributed by atoms with Gasteiger partial charge in [-0.05, 0) is 66.4 Å². The minimum atomic E-state index is -3.73. The van der Waals surface area contributed by atoms with Gasteiger partial charge in [-0.3, -0.25) is 9.10 Å². The largest absolute Gasteiger partial charge is 0.345 e. The number of nitrogens with zero attached hydrogens (tertiary/aromatic N) is 1. The van der Waals surface area contributed by atoms with Crippen molar-refractivity contribution in [3.05, 3.63) is 94.3 Å². The number of carbonyl (C=O) groups is 1. The first-order valence-electron chi connectivity index (χ1n) is 9.89. The fraction of sp³-hybridized carbons (Fsp3) is 0.125. The molecule has 0 aliphatic carbocycles. The molecule has 1 atom stereocenters. The molecule has 32 heavy (non-hydrogen) atoms. The topological polar surface area (TPSA) is 66.5 Å². The summed E-state index contributed by atoms with van der Waals surface area (Å²) < 4.78 is 28.1. The number of halogens is 1. The van der Waals surface area contributed by atoms with Crippen LogP contribution in [0, 0.1) is 0 Å². The molecule has 0 radical (unpaired) electrons. The molecule has 164 valence electrons. The van der Waals surface area contributed by atoms with Gasteiger partial charge in [-0.1, -0.05) is 41.9 Å². The Morgan fingerprint density at radius 1 is 1.00 bits per heavy atom. The van der Waals surface area contributed by atoms with Crippen LogP contribution >= 0.6 is 22.9 Å². The Morgan fingerprint density at radius 2 is 1.69 bits per heavy atom. The van der Waals surface area contributed by atoms with E-state index in [9.17, 15) is 13.2 Å². The lowest BCUT2D eigenvalue weighted by Crippen LogP contribution is -2.26. The maximum absolute atomic E-state index is 13.0. The SMILES string of the molecule is C[C@@H](NC(=O)c1cc2cc(N(C)S(=O)(=O)c3ccc(Cl)cc3)ccc2s1)c1ccccc1. The van der Waals surface area contributed by atoms with Crippen molar-refractivity contribution < 1.29 is 13.2 Å². The summed E-state index contributed by atoms with van der Waals surface area (Å²) in [5.74, 6) is -0.161. The van der Waals surface area contributed by atoms with E-state index in [-0.39, 0.29) is 16.8 Å². The molecule has 0 spiro atoms. The van der Waals surface area contributed by atoms with Gasteiger partial charge in [-0.2, -0.15) is 0 Å². The number of hydrogen-bond donors (Lipinski definition) is 1. The van der Waals surface area contributed by atoms with Crippen molar-refractivity contribution in [3.8, 4) is 0 Å². The molecule has 4 aromatic rings. The van der Waals surface area contributed by atoms with Crippen molar-refractivity contribution >= 4 is 54.6 Å². The van der Waals surface area contributed by atoms with Crippen LogP contribution in [0.4, 0.5) is 5.69 Å². The molecule has 0 aliphatic heterocycles. The van der Waals surface area contributed by atoms with Gasteiger partial charge in [-0.15, -0.1) is 11.3 Å². The van der Waals surface area contributed by atoms with Gasteiger partial charge in [0.1, 0.15) is 0 Å². The maximum atomic E-state index is 13.0. The van der Waals surface area contributed by atoms with Gasteiger partial charge in [-0.25, -0.2) is 8.42 Å². The molecule has 0 bridgehead atoms. The lowest BCUT2D eigenvalue weighted by molar-refractivity contribution is 0.0944. The number of sulfonamides is 1. The molecule has 3 aromatic carbocycles. The van der Waals surface area contributed by atoms with Crippen LogP contribution in [0.3, 0.4) is 0 Å².